The van der Waals surface area contributed by atoms with E-state index in [1.807, 2.05) is 26.8 Å². The second kappa shape index (κ2) is 6.25. The summed E-state index contributed by atoms with van der Waals surface area (Å²) in [5.74, 6) is 0.424. The van der Waals surface area contributed by atoms with Crippen LogP contribution in [-0.4, -0.2) is 30.9 Å². The van der Waals surface area contributed by atoms with Crippen LogP contribution in [0.1, 0.15) is 33.7 Å². The van der Waals surface area contributed by atoms with Crippen LogP contribution in [-0.2, 0) is 6.42 Å². The fourth-order valence-electron chi connectivity index (χ4n) is 2.12. The first-order valence-electron chi connectivity index (χ1n) is 7.20. The summed E-state index contributed by atoms with van der Waals surface area (Å²) in [4.78, 5) is 16.5. The van der Waals surface area contributed by atoms with E-state index >= 15 is 0 Å². The fourth-order valence-corrected chi connectivity index (χ4v) is 2.80. The second-order valence-corrected chi connectivity index (χ2v) is 6.11. The number of hydrogen-bond donors (Lipinski definition) is 1. The number of rotatable bonds is 4. The number of nitrogens with one attached hydrogen (secondary N) is 1. The molecule has 0 saturated heterocycles. The summed E-state index contributed by atoms with van der Waals surface area (Å²) < 4.78 is 1.75. The summed E-state index contributed by atoms with van der Waals surface area (Å²) in [6.45, 7) is 5.88. The molecule has 0 aromatic carbocycles. The van der Waals surface area contributed by atoms with Crippen molar-refractivity contribution in [2.45, 2.75) is 27.2 Å². The van der Waals surface area contributed by atoms with Crippen LogP contribution < -0.4 is 5.32 Å². The minimum atomic E-state index is -0.253. The van der Waals surface area contributed by atoms with Crippen LogP contribution in [0.5, 0.6) is 0 Å². The standard InChI is InChI=1S/C15H16N6OS/c1-4-13-18-19-15(23-13)17-14(22)11-5-6-12(16-8-11)21-10(3)7-9(2)20-21/h5-8H,4H2,1-3H3,(H,17,19,22). The number of pyridine rings is 1. The molecular weight excluding hydrogens is 312 g/mol. The van der Waals surface area contributed by atoms with E-state index in [1.165, 1.54) is 17.5 Å². The van der Waals surface area contributed by atoms with E-state index in [4.69, 9.17) is 0 Å². The van der Waals surface area contributed by atoms with E-state index in [9.17, 15) is 4.79 Å². The molecule has 0 bridgehead atoms. The number of nitrogens with zero attached hydrogens (tertiary/aromatic N) is 5. The Balaban J connectivity index is 1.76. The normalized spacial score (nSPS) is 10.7. The van der Waals surface area contributed by atoms with Crippen molar-refractivity contribution in [1.29, 1.82) is 0 Å². The zero-order valence-electron chi connectivity index (χ0n) is 13.1. The topological polar surface area (TPSA) is 85.6 Å². The van der Waals surface area contributed by atoms with Crippen LogP contribution in [0, 0.1) is 13.8 Å². The third kappa shape index (κ3) is 3.26. The minimum absolute atomic E-state index is 0.253. The maximum Gasteiger partial charge on any atom is 0.259 e. The van der Waals surface area contributed by atoms with Crippen molar-refractivity contribution in [3.8, 4) is 5.82 Å². The number of aromatic nitrogens is 5. The van der Waals surface area contributed by atoms with Gasteiger partial charge < -0.3 is 0 Å². The van der Waals surface area contributed by atoms with Crippen molar-refractivity contribution in [3.63, 3.8) is 0 Å². The first-order chi connectivity index (χ1) is 11.1. The Hall–Kier alpha value is -2.61. The van der Waals surface area contributed by atoms with Gasteiger partial charge in [-0.05, 0) is 38.5 Å². The average Bonchev–Trinajstić information content (AvgIpc) is 3.13. The van der Waals surface area contributed by atoms with E-state index in [0.717, 1.165) is 22.8 Å². The summed E-state index contributed by atoms with van der Waals surface area (Å²) in [5, 5.41) is 16.4. The number of amides is 1. The zero-order valence-corrected chi connectivity index (χ0v) is 13.9. The molecule has 0 spiro atoms. The molecule has 0 aliphatic rings. The third-order valence-electron chi connectivity index (χ3n) is 3.23. The number of carbonyl (C=O) groups excluding carboxylic acids is 1. The van der Waals surface area contributed by atoms with Crippen molar-refractivity contribution in [2.75, 3.05) is 5.32 Å². The Morgan fingerprint density at radius 1 is 1.30 bits per heavy atom. The lowest BCUT2D eigenvalue weighted by Crippen LogP contribution is -2.12. The summed E-state index contributed by atoms with van der Waals surface area (Å²) >= 11 is 1.37. The number of aryl methyl sites for hydroxylation is 3. The van der Waals surface area contributed by atoms with Crippen molar-refractivity contribution in [1.82, 2.24) is 25.0 Å². The highest BCUT2D eigenvalue weighted by atomic mass is 32.1. The Bertz CT molecular complexity index is 836. The maximum absolute atomic E-state index is 12.2. The van der Waals surface area contributed by atoms with Gasteiger partial charge in [0.2, 0.25) is 5.13 Å². The maximum atomic E-state index is 12.2. The third-order valence-corrected chi connectivity index (χ3v) is 4.21. The predicted octanol–water partition coefficient (Wildman–Crippen LogP) is 2.55. The molecule has 3 rings (SSSR count). The highest BCUT2D eigenvalue weighted by molar-refractivity contribution is 7.15. The highest BCUT2D eigenvalue weighted by Gasteiger charge is 2.11. The van der Waals surface area contributed by atoms with E-state index in [2.05, 4.69) is 25.6 Å². The van der Waals surface area contributed by atoms with Gasteiger partial charge in [-0.3, -0.25) is 10.1 Å². The Morgan fingerprint density at radius 2 is 2.13 bits per heavy atom. The molecule has 0 atom stereocenters. The van der Waals surface area contributed by atoms with E-state index < -0.39 is 0 Å². The van der Waals surface area contributed by atoms with Gasteiger partial charge in [-0.1, -0.05) is 18.3 Å². The van der Waals surface area contributed by atoms with Crippen molar-refractivity contribution in [2.24, 2.45) is 0 Å². The smallest absolute Gasteiger partial charge is 0.259 e. The first kappa shape index (κ1) is 15.3. The quantitative estimate of drug-likeness (QED) is 0.795. The molecule has 0 aliphatic carbocycles. The number of hydrogen-bond acceptors (Lipinski definition) is 6. The van der Waals surface area contributed by atoms with E-state index in [1.54, 1.807) is 16.8 Å². The molecule has 3 heterocycles. The zero-order chi connectivity index (χ0) is 16.4. The van der Waals surface area contributed by atoms with Gasteiger partial charge in [0.05, 0.1) is 11.3 Å². The van der Waals surface area contributed by atoms with Crippen LogP contribution >= 0.6 is 11.3 Å². The molecule has 0 radical (unpaired) electrons. The van der Waals surface area contributed by atoms with Gasteiger partial charge >= 0.3 is 0 Å². The van der Waals surface area contributed by atoms with Gasteiger partial charge in [-0.25, -0.2) is 9.67 Å². The molecule has 3 aromatic heterocycles. The molecule has 1 N–H and O–H groups in total. The summed E-state index contributed by atoms with van der Waals surface area (Å²) in [6.07, 6.45) is 2.33. The largest absolute Gasteiger partial charge is 0.296 e. The molecule has 7 nitrogen and oxygen atoms in total. The Morgan fingerprint density at radius 3 is 2.70 bits per heavy atom. The van der Waals surface area contributed by atoms with Crippen LogP contribution in [0.25, 0.3) is 5.82 Å². The average molecular weight is 328 g/mol. The van der Waals surface area contributed by atoms with Gasteiger partial charge in [0.25, 0.3) is 5.91 Å². The van der Waals surface area contributed by atoms with Crippen LogP contribution in [0.2, 0.25) is 0 Å². The molecular formula is C15H16N6OS. The van der Waals surface area contributed by atoms with Gasteiger partial charge in [-0.2, -0.15) is 5.10 Å². The predicted molar refractivity (Wildman–Crippen MR) is 88.1 cm³/mol. The van der Waals surface area contributed by atoms with Crippen molar-refractivity contribution >= 4 is 22.4 Å². The SMILES string of the molecule is CCc1nnc(NC(=O)c2ccc(-n3nc(C)cc3C)nc2)s1. The molecule has 0 aliphatic heterocycles. The van der Waals surface area contributed by atoms with Crippen LogP contribution in [0.3, 0.4) is 0 Å². The molecule has 1 amide bonds. The first-order valence-corrected chi connectivity index (χ1v) is 8.02. The fraction of sp³-hybridized carbons (Fsp3) is 0.267. The number of anilines is 1. The van der Waals surface area contributed by atoms with Gasteiger partial charge in [0.15, 0.2) is 5.82 Å². The highest BCUT2D eigenvalue weighted by Crippen LogP contribution is 2.17. The molecule has 0 unspecified atom stereocenters. The van der Waals surface area contributed by atoms with Crippen molar-refractivity contribution in [3.05, 3.63) is 46.4 Å². The molecule has 0 saturated carbocycles. The summed E-state index contributed by atoms with van der Waals surface area (Å²) in [7, 11) is 0. The Kier molecular flexibility index (Phi) is 4.16. The van der Waals surface area contributed by atoms with Crippen molar-refractivity contribution < 1.29 is 4.79 Å². The van der Waals surface area contributed by atoms with E-state index in [0.29, 0.717) is 16.5 Å². The molecule has 23 heavy (non-hydrogen) atoms. The van der Waals surface area contributed by atoms with Gasteiger partial charge in [0.1, 0.15) is 5.01 Å². The van der Waals surface area contributed by atoms with Gasteiger partial charge in [0, 0.05) is 11.9 Å². The van der Waals surface area contributed by atoms with Crippen LogP contribution in [0.4, 0.5) is 5.13 Å². The molecule has 3 aromatic rings. The van der Waals surface area contributed by atoms with Gasteiger partial charge in [-0.15, -0.1) is 10.2 Å². The minimum Gasteiger partial charge on any atom is -0.296 e. The van der Waals surface area contributed by atoms with E-state index in [-0.39, 0.29) is 5.91 Å². The second-order valence-electron chi connectivity index (χ2n) is 5.05. The Labute approximate surface area is 137 Å². The summed E-state index contributed by atoms with van der Waals surface area (Å²) in [5.41, 5.74) is 2.38. The molecule has 8 heteroatoms. The number of carbonyl (C=O) groups is 1. The lowest BCUT2D eigenvalue weighted by atomic mass is 10.2. The lowest BCUT2D eigenvalue weighted by molar-refractivity contribution is 0.102. The van der Waals surface area contributed by atoms with Crippen LogP contribution in [0.15, 0.2) is 24.4 Å². The summed E-state index contributed by atoms with van der Waals surface area (Å²) in [6, 6.07) is 5.46. The lowest BCUT2D eigenvalue weighted by Gasteiger charge is -2.05. The molecule has 118 valence electrons. The molecule has 0 fully saturated rings. The monoisotopic (exact) mass is 328 g/mol.